The van der Waals surface area contributed by atoms with E-state index in [1.807, 2.05) is 24.3 Å². The lowest BCUT2D eigenvalue weighted by Crippen LogP contribution is -2.13. The number of ether oxygens (including phenoxy) is 1. The maximum Gasteiger partial charge on any atom is 0.349 e. The summed E-state index contributed by atoms with van der Waals surface area (Å²) in [4.78, 5) is 23.2. The first-order valence-corrected chi connectivity index (χ1v) is 10.8. The Morgan fingerprint density at radius 1 is 1.17 bits per heavy atom. The van der Waals surface area contributed by atoms with Gasteiger partial charge in [-0.2, -0.15) is 0 Å². The molecule has 0 amide bonds. The molecule has 7 heteroatoms. The highest BCUT2D eigenvalue weighted by Gasteiger charge is 2.23. The monoisotopic (exact) mass is 417 g/mol. The van der Waals surface area contributed by atoms with Crippen LogP contribution in [-0.4, -0.2) is 35.3 Å². The number of aromatic carboxylic acids is 1. The van der Waals surface area contributed by atoms with Crippen LogP contribution in [0.4, 0.5) is 5.69 Å². The summed E-state index contributed by atoms with van der Waals surface area (Å²) in [6.07, 6.45) is 7.81. The van der Waals surface area contributed by atoms with E-state index >= 15 is 0 Å². The van der Waals surface area contributed by atoms with Gasteiger partial charge in [0.05, 0.1) is 0 Å². The predicted octanol–water partition coefficient (Wildman–Crippen LogP) is 5.27. The minimum absolute atomic E-state index is 0.0237. The Morgan fingerprint density at radius 2 is 1.90 bits per heavy atom. The average molecular weight is 418 g/mol. The van der Waals surface area contributed by atoms with Crippen molar-refractivity contribution in [3.8, 4) is 16.2 Å². The molecule has 1 aliphatic rings. The van der Waals surface area contributed by atoms with Crippen molar-refractivity contribution in [2.45, 2.75) is 45.4 Å². The van der Waals surface area contributed by atoms with Crippen molar-refractivity contribution in [2.75, 3.05) is 18.5 Å². The Labute approximate surface area is 174 Å². The molecule has 1 aliphatic carbocycles. The fourth-order valence-electron chi connectivity index (χ4n) is 3.82. The zero-order chi connectivity index (χ0) is 20.8. The van der Waals surface area contributed by atoms with Gasteiger partial charge in [-0.05, 0) is 43.4 Å². The molecule has 0 saturated heterocycles. The molecule has 0 radical (unpaired) electrons. The summed E-state index contributed by atoms with van der Waals surface area (Å²) in [5, 5.41) is 21.9. The summed E-state index contributed by atoms with van der Waals surface area (Å²) in [6.45, 7) is 2.14. The van der Waals surface area contributed by atoms with Crippen LogP contribution in [0.2, 0.25) is 0 Å². The van der Waals surface area contributed by atoms with Gasteiger partial charge in [-0.3, -0.25) is 0 Å². The highest BCUT2D eigenvalue weighted by Crippen LogP contribution is 2.42. The molecule has 0 bridgehead atoms. The van der Waals surface area contributed by atoms with E-state index in [0.717, 1.165) is 34.0 Å². The van der Waals surface area contributed by atoms with Crippen LogP contribution < -0.4 is 10.1 Å². The molecule has 3 rings (SSSR count). The summed E-state index contributed by atoms with van der Waals surface area (Å²) in [6, 6.07) is 7.91. The highest BCUT2D eigenvalue weighted by atomic mass is 32.1. The normalized spacial score (nSPS) is 14.9. The molecular weight excluding hydrogens is 390 g/mol. The molecule has 0 spiro atoms. The number of carboxylic acid groups (broad SMARTS) is 2. The number of hydrogen-bond acceptors (Lipinski definition) is 5. The van der Waals surface area contributed by atoms with E-state index in [9.17, 15) is 14.7 Å². The number of aliphatic carboxylic acids is 1. The molecule has 1 saturated carbocycles. The molecule has 156 valence electrons. The fraction of sp³-hybridized carbons (Fsp3) is 0.455. The maximum absolute atomic E-state index is 11.6. The SMILES string of the molecule is Cc1c(-c2cccc(NCC3CCCCCC3)c2)sc(C(=O)O)c1OCC(=O)O. The molecule has 1 fully saturated rings. The minimum Gasteiger partial charge on any atom is -0.480 e. The first kappa shape index (κ1) is 21.2. The molecule has 1 aromatic heterocycles. The summed E-state index contributed by atoms with van der Waals surface area (Å²) in [5.74, 6) is -1.43. The lowest BCUT2D eigenvalue weighted by atomic mass is 10.0. The van der Waals surface area contributed by atoms with E-state index in [4.69, 9.17) is 9.84 Å². The Bertz CT molecular complexity index is 868. The molecule has 0 aliphatic heterocycles. The Kier molecular flexibility index (Phi) is 7.14. The van der Waals surface area contributed by atoms with E-state index < -0.39 is 18.5 Å². The summed E-state index contributed by atoms with van der Waals surface area (Å²) < 4.78 is 5.28. The average Bonchev–Trinajstić information content (AvgIpc) is 2.85. The van der Waals surface area contributed by atoms with E-state index in [1.165, 1.54) is 38.5 Å². The summed E-state index contributed by atoms with van der Waals surface area (Å²) >= 11 is 1.11. The van der Waals surface area contributed by atoms with E-state index in [-0.39, 0.29) is 10.6 Å². The third-order valence-electron chi connectivity index (χ3n) is 5.32. The van der Waals surface area contributed by atoms with Crippen LogP contribution in [-0.2, 0) is 4.79 Å². The quantitative estimate of drug-likeness (QED) is 0.507. The highest BCUT2D eigenvalue weighted by molar-refractivity contribution is 7.18. The van der Waals surface area contributed by atoms with Gasteiger partial charge in [-0.15, -0.1) is 11.3 Å². The van der Waals surface area contributed by atoms with Gasteiger partial charge in [-0.25, -0.2) is 9.59 Å². The number of carboxylic acids is 2. The minimum atomic E-state index is -1.14. The number of carbonyl (C=O) groups is 2. The molecule has 6 nitrogen and oxygen atoms in total. The Morgan fingerprint density at radius 3 is 2.55 bits per heavy atom. The van der Waals surface area contributed by atoms with Gasteiger partial charge in [0.1, 0.15) is 5.75 Å². The largest absolute Gasteiger partial charge is 0.480 e. The molecule has 3 N–H and O–H groups in total. The topological polar surface area (TPSA) is 95.9 Å². The molecule has 2 aromatic rings. The molecule has 29 heavy (non-hydrogen) atoms. The van der Waals surface area contributed by atoms with Crippen molar-refractivity contribution in [3.63, 3.8) is 0 Å². The van der Waals surface area contributed by atoms with Gasteiger partial charge >= 0.3 is 11.9 Å². The number of benzene rings is 1. The van der Waals surface area contributed by atoms with Crippen LogP contribution in [0.3, 0.4) is 0 Å². The van der Waals surface area contributed by atoms with Crippen molar-refractivity contribution in [2.24, 2.45) is 5.92 Å². The van der Waals surface area contributed by atoms with Crippen molar-refractivity contribution in [3.05, 3.63) is 34.7 Å². The van der Waals surface area contributed by atoms with E-state index in [2.05, 4.69) is 5.32 Å². The van der Waals surface area contributed by atoms with Crippen LogP contribution >= 0.6 is 11.3 Å². The third kappa shape index (κ3) is 5.50. The first-order chi connectivity index (χ1) is 14.0. The zero-order valence-electron chi connectivity index (χ0n) is 16.6. The molecule has 0 unspecified atom stereocenters. The van der Waals surface area contributed by atoms with Crippen LogP contribution in [0, 0.1) is 12.8 Å². The van der Waals surface area contributed by atoms with Gasteiger partial charge in [-0.1, -0.05) is 37.8 Å². The lowest BCUT2D eigenvalue weighted by Gasteiger charge is -2.16. The van der Waals surface area contributed by atoms with Crippen LogP contribution in [0.15, 0.2) is 24.3 Å². The van der Waals surface area contributed by atoms with Gasteiger partial charge in [0, 0.05) is 22.7 Å². The predicted molar refractivity (Wildman–Crippen MR) is 114 cm³/mol. The molecular formula is C22H27NO5S. The van der Waals surface area contributed by atoms with Crippen molar-refractivity contribution >= 4 is 29.0 Å². The maximum atomic E-state index is 11.6. The molecule has 0 atom stereocenters. The third-order valence-corrected chi connectivity index (χ3v) is 6.63. The Hall–Kier alpha value is -2.54. The van der Waals surface area contributed by atoms with E-state index in [1.54, 1.807) is 6.92 Å². The summed E-state index contributed by atoms with van der Waals surface area (Å²) in [5.41, 5.74) is 2.55. The number of thiophene rings is 1. The first-order valence-electron chi connectivity index (χ1n) is 10.0. The van der Waals surface area contributed by atoms with Crippen LogP contribution in [0.5, 0.6) is 5.75 Å². The standard InChI is InChI=1S/C22H27NO5S/c1-14-19(28-13-18(24)25)21(22(26)27)29-20(14)16-9-6-10-17(11-16)23-12-15-7-4-2-3-5-8-15/h6,9-11,15,23H,2-5,7-8,12-13H2,1H3,(H,24,25)(H,26,27). The van der Waals surface area contributed by atoms with Gasteiger partial charge < -0.3 is 20.3 Å². The molecule has 1 heterocycles. The number of rotatable bonds is 8. The summed E-state index contributed by atoms with van der Waals surface area (Å²) in [7, 11) is 0. The van der Waals surface area contributed by atoms with Crippen LogP contribution in [0.1, 0.15) is 53.8 Å². The lowest BCUT2D eigenvalue weighted by molar-refractivity contribution is -0.139. The fourth-order valence-corrected chi connectivity index (χ4v) is 4.91. The van der Waals surface area contributed by atoms with Gasteiger partial charge in [0.25, 0.3) is 0 Å². The molecule has 1 aromatic carbocycles. The van der Waals surface area contributed by atoms with E-state index in [0.29, 0.717) is 11.5 Å². The van der Waals surface area contributed by atoms with Gasteiger partial charge in [0.2, 0.25) is 0 Å². The second-order valence-corrected chi connectivity index (χ2v) is 8.54. The number of hydrogen-bond donors (Lipinski definition) is 3. The number of nitrogens with one attached hydrogen (secondary N) is 1. The van der Waals surface area contributed by atoms with Crippen molar-refractivity contribution in [1.82, 2.24) is 0 Å². The van der Waals surface area contributed by atoms with Crippen LogP contribution in [0.25, 0.3) is 10.4 Å². The van der Waals surface area contributed by atoms with Crippen molar-refractivity contribution < 1.29 is 24.5 Å². The second kappa shape index (κ2) is 9.78. The zero-order valence-corrected chi connectivity index (χ0v) is 17.4. The van der Waals surface area contributed by atoms with Gasteiger partial charge in [0.15, 0.2) is 11.5 Å². The smallest absolute Gasteiger partial charge is 0.349 e. The Balaban J connectivity index is 1.79. The van der Waals surface area contributed by atoms with Crippen molar-refractivity contribution in [1.29, 1.82) is 0 Å². The number of anilines is 1. The second-order valence-electron chi connectivity index (χ2n) is 7.52.